The summed E-state index contributed by atoms with van der Waals surface area (Å²) in [7, 11) is 2.63. The van der Waals surface area contributed by atoms with Crippen LogP contribution >= 0.6 is 0 Å². The van der Waals surface area contributed by atoms with Gasteiger partial charge in [-0.1, -0.05) is 0 Å². The summed E-state index contributed by atoms with van der Waals surface area (Å²) in [5, 5.41) is 0.672. The molecular formula is C16H17NO5. The normalized spacial score (nSPS) is 10.5. The van der Waals surface area contributed by atoms with Crippen LogP contribution in [0.2, 0.25) is 0 Å². The number of ether oxygens (including phenoxy) is 2. The summed E-state index contributed by atoms with van der Waals surface area (Å²) in [6.45, 7) is 0. The molecule has 2 rings (SSSR count). The number of Topliss-reactive ketones (excluding diaryl/α,β-unsaturated/α-hetero) is 1. The largest absolute Gasteiger partial charge is 0.469 e. The van der Waals surface area contributed by atoms with Gasteiger partial charge in [-0.15, -0.1) is 0 Å². The lowest BCUT2D eigenvalue weighted by atomic mass is 10.0. The summed E-state index contributed by atoms with van der Waals surface area (Å²) in [5.41, 5.74) is 1.66. The van der Waals surface area contributed by atoms with Crippen LogP contribution in [0.5, 0.6) is 0 Å². The van der Waals surface area contributed by atoms with Crippen LogP contribution in [0.15, 0.2) is 24.4 Å². The van der Waals surface area contributed by atoms with E-state index in [1.807, 2.05) is 0 Å². The van der Waals surface area contributed by atoms with Crippen molar-refractivity contribution in [2.45, 2.75) is 19.3 Å². The summed E-state index contributed by atoms with van der Waals surface area (Å²) in [4.78, 5) is 37.9. The molecule has 0 unspecified atom stereocenters. The maximum atomic E-state index is 12.3. The van der Waals surface area contributed by atoms with Crippen LogP contribution in [0.25, 0.3) is 10.9 Å². The van der Waals surface area contributed by atoms with E-state index in [2.05, 4.69) is 14.5 Å². The molecule has 0 aliphatic rings. The van der Waals surface area contributed by atoms with Gasteiger partial charge in [-0.2, -0.15) is 0 Å². The van der Waals surface area contributed by atoms with Crippen LogP contribution in [0, 0.1) is 0 Å². The Morgan fingerprint density at radius 3 is 2.55 bits per heavy atom. The lowest BCUT2D eigenvalue weighted by Crippen LogP contribution is -2.04. The molecular weight excluding hydrogens is 286 g/mol. The van der Waals surface area contributed by atoms with Crippen molar-refractivity contribution < 1.29 is 23.9 Å². The smallest absolute Gasteiger partial charge is 0.337 e. The first kappa shape index (κ1) is 15.8. The van der Waals surface area contributed by atoms with E-state index < -0.39 is 5.97 Å². The number of hydrogen-bond acceptors (Lipinski definition) is 5. The highest BCUT2D eigenvalue weighted by Crippen LogP contribution is 2.22. The van der Waals surface area contributed by atoms with Crippen LogP contribution in [-0.2, 0) is 14.3 Å². The van der Waals surface area contributed by atoms with E-state index in [1.165, 1.54) is 14.2 Å². The molecule has 0 saturated heterocycles. The fraction of sp³-hybridized carbons (Fsp3) is 0.312. The number of esters is 2. The van der Waals surface area contributed by atoms with E-state index in [0.29, 0.717) is 22.9 Å². The molecule has 0 aliphatic heterocycles. The van der Waals surface area contributed by atoms with E-state index in [1.54, 1.807) is 24.4 Å². The molecule has 0 spiro atoms. The van der Waals surface area contributed by atoms with Gasteiger partial charge in [-0.3, -0.25) is 9.59 Å². The fourth-order valence-electron chi connectivity index (χ4n) is 2.23. The first-order chi connectivity index (χ1) is 10.6. The molecule has 22 heavy (non-hydrogen) atoms. The minimum Gasteiger partial charge on any atom is -0.469 e. The van der Waals surface area contributed by atoms with Crippen molar-refractivity contribution in [1.82, 2.24) is 4.98 Å². The number of aromatic amines is 1. The van der Waals surface area contributed by atoms with Crippen molar-refractivity contribution in [3.8, 4) is 0 Å². The van der Waals surface area contributed by atoms with Crippen LogP contribution in [-0.4, -0.2) is 36.9 Å². The number of hydrogen-bond donors (Lipinski definition) is 1. The maximum Gasteiger partial charge on any atom is 0.337 e. The van der Waals surface area contributed by atoms with Gasteiger partial charge in [0, 0.05) is 35.5 Å². The van der Waals surface area contributed by atoms with Crippen LogP contribution in [0.1, 0.15) is 40.0 Å². The number of rotatable bonds is 6. The van der Waals surface area contributed by atoms with Crippen molar-refractivity contribution in [1.29, 1.82) is 0 Å². The van der Waals surface area contributed by atoms with Crippen molar-refractivity contribution in [2.75, 3.05) is 14.2 Å². The van der Waals surface area contributed by atoms with E-state index in [0.717, 1.165) is 5.52 Å². The summed E-state index contributed by atoms with van der Waals surface area (Å²) in [5.74, 6) is -0.871. The molecule has 0 amide bonds. The number of H-pyrrole nitrogens is 1. The zero-order valence-corrected chi connectivity index (χ0v) is 12.5. The maximum absolute atomic E-state index is 12.3. The Balaban J connectivity index is 2.18. The molecule has 0 atom stereocenters. The van der Waals surface area contributed by atoms with Gasteiger partial charge in [0.1, 0.15) is 0 Å². The summed E-state index contributed by atoms with van der Waals surface area (Å²) in [6.07, 6.45) is 2.49. The van der Waals surface area contributed by atoms with Gasteiger partial charge in [-0.25, -0.2) is 4.79 Å². The monoisotopic (exact) mass is 303 g/mol. The lowest BCUT2D eigenvalue weighted by molar-refractivity contribution is -0.140. The van der Waals surface area contributed by atoms with Crippen molar-refractivity contribution >= 4 is 28.6 Å². The van der Waals surface area contributed by atoms with Crippen LogP contribution in [0.3, 0.4) is 0 Å². The average molecular weight is 303 g/mol. The highest BCUT2D eigenvalue weighted by Gasteiger charge is 2.15. The standard InChI is InChI=1S/C16H17NO5/c1-21-15(19)5-3-4-14(18)12-9-17-13-7-6-10(8-11(12)13)16(20)22-2/h6-9,17H,3-5H2,1-2H3. The van der Waals surface area contributed by atoms with Crippen LogP contribution < -0.4 is 0 Å². The number of methoxy groups -OCH3 is 2. The molecule has 6 nitrogen and oxygen atoms in total. The Kier molecular flexibility index (Phi) is 4.93. The number of aromatic nitrogens is 1. The molecule has 0 saturated carbocycles. The minimum absolute atomic E-state index is 0.0860. The first-order valence-electron chi connectivity index (χ1n) is 6.86. The third kappa shape index (κ3) is 3.33. The summed E-state index contributed by atoms with van der Waals surface area (Å²) in [6, 6.07) is 4.99. The molecule has 6 heteroatoms. The fourth-order valence-corrected chi connectivity index (χ4v) is 2.23. The minimum atomic E-state index is -0.452. The van der Waals surface area contributed by atoms with Crippen LogP contribution in [0.4, 0.5) is 0 Å². The zero-order chi connectivity index (χ0) is 16.1. The van der Waals surface area contributed by atoms with Crippen molar-refractivity contribution in [3.63, 3.8) is 0 Å². The summed E-state index contributed by atoms with van der Waals surface area (Å²) >= 11 is 0. The van der Waals surface area contributed by atoms with Gasteiger partial charge in [0.2, 0.25) is 0 Å². The highest BCUT2D eigenvalue weighted by molar-refractivity contribution is 6.09. The zero-order valence-electron chi connectivity index (χ0n) is 12.5. The Labute approximate surface area is 127 Å². The Bertz CT molecular complexity index is 716. The second kappa shape index (κ2) is 6.89. The van der Waals surface area contributed by atoms with Crippen molar-refractivity contribution in [2.24, 2.45) is 0 Å². The Morgan fingerprint density at radius 1 is 1.09 bits per heavy atom. The van der Waals surface area contributed by atoms with E-state index >= 15 is 0 Å². The second-order valence-corrected chi connectivity index (χ2v) is 4.81. The molecule has 116 valence electrons. The first-order valence-corrected chi connectivity index (χ1v) is 6.86. The van der Waals surface area contributed by atoms with Gasteiger partial charge in [0.15, 0.2) is 5.78 Å². The topological polar surface area (TPSA) is 85.5 Å². The quantitative estimate of drug-likeness (QED) is 0.654. The van der Waals surface area contributed by atoms with Gasteiger partial charge in [0.25, 0.3) is 0 Å². The Hall–Kier alpha value is -2.63. The molecule has 1 N–H and O–H groups in total. The third-order valence-electron chi connectivity index (χ3n) is 3.42. The number of fused-ring (bicyclic) bond motifs is 1. The molecule has 0 radical (unpaired) electrons. The SMILES string of the molecule is COC(=O)CCCC(=O)c1c[nH]c2ccc(C(=O)OC)cc12. The average Bonchev–Trinajstić information content (AvgIpc) is 2.96. The van der Waals surface area contributed by atoms with Gasteiger partial charge >= 0.3 is 11.9 Å². The summed E-state index contributed by atoms with van der Waals surface area (Å²) < 4.78 is 9.22. The number of nitrogens with one attached hydrogen (secondary N) is 1. The number of carbonyl (C=O) groups excluding carboxylic acids is 3. The molecule has 0 fully saturated rings. The molecule has 2 aromatic rings. The highest BCUT2D eigenvalue weighted by atomic mass is 16.5. The number of carbonyl (C=O) groups is 3. The lowest BCUT2D eigenvalue weighted by Gasteiger charge is -2.02. The van der Waals surface area contributed by atoms with Gasteiger partial charge in [-0.05, 0) is 24.6 Å². The van der Waals surface area contributed by atoms with Gasteiger partial charge in [0.05, 0.1) is 19.8 Å². The molecule has 1 aromatic heterocycles. The predicted octanol–water partition coefficient (Wildman–Crippen LogP) is 2.48. The molecule has 1 aromatic carbocycles. The number of benzene rings is 1. The molecule has 0 bridgehead atoms. The third-order valence-corrected chi connectivity index (χ3v) is 3.42. The molecule has 0 aliphatic carbocycles. The predicted molar refractivity (Wildman–Crippen MR) is 79.8 cm³/mol. The number of ketones is 1. The Morgan fingerprint density at radius 2 is 1.86 bits per heavy atom. The second-order valence-electron chi connectivity index (χ2n) is 4.81. The van der Waals surface area contributed by atoms with E-state index in [4.69, 9.17) is 0 Å². The van der Waals surface area contributed by atoms with E-state index in [-0.39, 0.29) is 24.6 Å². The van der Waals surface area contributed by atoms with E-state index in [9.17, 15) is 14.4 Å². The van der Waals surface area contributed by atoms with Gasteiger partial charge < -0.3 is 14.5 Å². The van der Waals surface area contributed by atoms with Crippen molar-refractivity contribution in [3.05, 3.63) is 35.5 Å². The molecule has 1 heterocycles.